The zero-order chi connectivity index (χ0) is 14.0. The molecule has 1 heterocycles. The first-order chi connectivity index (χ1) is 8.97. The molecular formula is C13H13FN2O2S. The highest BCUT2D eigenvalue weighted by molar-refractivity contribution is 7.98. The van der Waals surface area contributed by atoms with Gasteiger partial charge in [0.1, 0.15) is 5.82 Å². The first-order valence-corrected chi connectivity index (χ1v) is 6.61. The maximum absolute atomic E-state index is 13.2. The molecule has 0 saturated carbocycles. The molecule has 0 aliphatic rings. The lowest BCUT2D eigenvalue weighted by Gasteiger charge is -2.04. The average molecular weight is 280 g/mol. The van der Waals surface area contributed by atoms with E-state index in [1.165, 1.54) is 23.9 Å². The molecule has 0 spiro atoms. The third-order valence-corrected chi connectivity index (χ3v) is 3.76. The predicted molar refractivity (Wildman–Crippen MR) is 70.9 cm³/mol. The van der Waals surface area contributed by atoms with Crippen molar-refractivity contribution >= 4 is 17.7 Å². The predicted octanol–water partition coefficient (Wildman–Crippen LogP) is 2.86. The number of carboxylic acids is 1. The van der Waals surface area contributed by atoms with Crippen LogP contribution in [-0.4, -0.2) is 20.9 Å². The Bertz CT molecular complexity index is 625. The van der Waals surface area contributed by atoms with E-state index in [1.807, 2.05) is 20.0 Å². The van der Waals surface area contributed by atoms with Gasteiger partial charge in [-0.3, -0.25) is 4.68 Å². The van der Waals surface area contributed by atoms with Crippen molar-refractivity contribution in [2.24, 2.45) is 7.05 Å². The fourth-order valence-electron chi connectivity index (χ4n) is 1.71. The maximum Gasteiger partial charge on any atom is 0.338 e. The summed E-state index contributed by atoms with van der Waals surface area (Å²) in [5.41, 5.74) is 1.40. The quantitative estimate of drug-likeness (QED) is 0.875. The topological polar surface area (TPSA) is 55.1 Å². The van der Waals surface area contributed by atoms with E-state index in [4.69, 9.17) is 5.11 Å². The van der Waals surface area contributed by atoms with Crippen molar-refractivity contribution in [2.45, 2.75) is 17.7 Å². The summed E-state index contributed by atoms with van der Waals surface area (Å²) in [6.07, 6.45) is 0. The molecule has 1 aromatic carbocycles. The molecule has 0 fully saturated rings. The van der Waals surface area contributed by atoms with E-state index < -0.39 is 11.8 Å². The standard InChI is InChI=1S/C13H13FN2O2S/c1-8-5-12(16(2)15-8)19-7-9-3-4-11(14)10(6-9)13(17)18/h3-6H,7H2,1-2H3,(H,17,18). The van der Waals surface area contributed by atoms with Gasteiger partial charge >= 0.3 is 5.97 Å². The van der Waals surface area contributed by atoms with E-state index in [1.54, 1.807) is 10.7 Å². The smallest absolute Gasteiger partial charge is 0.338 e. The first-order valence-electron chi connectivity index (χ1n) is 5.62. The summed E-state index contributed by atoms with van der Waals surface area (Å²) in [6, 6.07) is 6.10. The molecule has 0 amide bonds. The number of hydrogen-bond acceptors (Lipinski definition) is 3. The molecule has 2 rings (SSSR count). The molecule has 6 heteroatoms. The van der Waals surface area contributed by atoms with Crippen LogP contribution in [0.3, 0.4) is 0 Å². The minimum absolute atomic E-state index is 0.292. The number of rotatable bonds is 4. The molecule has 19 heavy (non-hydrogen) atoms. The van der Waals surface area contributed by atoms with Crippen molar-refractivity contribution in [3.05, 3.63) is 46.9 Å². The second-order valence-electron chi connectivity index (χ2n) is 4.16. The van der Waals surface area contributed by atoms with Crippen molar-refractivity contribution in [2.75, 3.05) is 0 Å². The van der Waals surface area contributed by atoms with Gasteiger partial charge in [0, 0.05) is 12.8 Å². The van der Waals surface area contributed by atoms with Crippen LogP contribution in [0.2, 0.25) is 0 Å². The average Bonchev–Trinajstić information content (AvgIpc) is 2.66. The zero-order valence-electron chi connectivity index (χ0n) is 10.6. The van der Waals surface area contributed by atoms with Crippen LogP contribution in [0.5, 0.6) is 0 Å². The normalized spacial score (nSPS) is 10.7. The van der Waals surface area contributed by atoms with E-state index in [0.29, 0.717) is 5.75 Å². The Labute approximate surface area is 114 Å². The monoisotopic (exact) mass is 280 g/mol. The number of hydrogen-bond donors (Lipinski definition) is 1. The number of thioether (sulfide) groups is 1. The van der Waals surface area contributed by atoms with Gasteiger partial charge in [-0.05, 0) is 30.7 Å². The van der Waals surface area contributed by atoms with Gasteiger partial charge in [-0.2, -0.15) is 5.10 Å². The molecule has 4 nitrogen and oxygen atoms in total. The van der Waals surface area contributed by atoms with E-state index in [0.717, 1.165) is 16.3 Å². The third-order valence-electron chi connectivity index (χ3n) is 2.61. The second-order valence-corrected chi connectivity index (χ2v) is 5.15. The highest BCUT2D eigenvalue weighted by Gasteiger charge is 2.11. The van der Waals surface area contributed by atoms with Crippen LogP contribution >= 0.6 is 11.8 Å². The van der Waals surface area contributed by atoms with Gasteiger partial charge in [0.25, 0.3) is 0 Å². The number of halogens is 1. The number of carbonyl (C=O) groups is 1. The lowest BCUT2D eigenvalue weighted by Crippen LogP contribution is -2.01. The summed E-state index contributed by atoms with van der Waals surface area (Å²) < 4.78 is 15.0. The minimum atomic E-state index is -1.25. The number of aromatic nitrogens is 2. The number of carboxylic acid groups (broad SMARTS) is 1. The molecule has 0 unspecified atom stereocenters. The SMILES string of the molecule is Cc1cc(SCc2ccc(F)c(C(=O)O)c2)n(C)n1. The fraction of sp³-hybridized carbons (Fsp3) is 0.231. The van der Waals surface area contributed by atoms with E-state index >= 15 is 0 Å². The molecule has 0 atom stereocenters. The minimum Gasteiger partial charge on any atom is -0.478 e. The van der Waals surface area contributed by atoms with E-state index in [-0.39, 0.29) is 5.56 Å². The summed E-state index contributed by atoms with van der Waals surface area (Å²) >= 11 is 1.53. The largest absolute Gasteiger partial charge is 0.478 e. The summed E-state index contributed by atoms with van der Waals surface area (Å²) in [6.45, 7) is 1.91. The molecule has 100 valence electrons. The van der Waals surface area contributed by atoms with Crippen molar-refractivity contribution in [3.63, 3.8) is 0 Å². The van der Waals surface area contributed by atoms with Gasteiger partial charge in [-0.25, -0.2) is 9.18 Å². The second kappa shape index (κ2) is 5.44. The van der Waals surface area contributed by atoms with Gasteiger partial charge in [-0.1, -0.05) is 6.07 Å². The lowest BCUT2D eigenvalue weighted by atomic mass is 10.1. The van der Waals surface area contributed by atoms with Crippen molar-refractivity contribution < 1.29 is 14.3 Å². The number of nitrogens with zero attached hydrogens (tertiary/aromatic N) is 2. The van der Waals surface area contributed by atoms with E-state index in [2.05, 4.69) is 5.10 Å². The summed E-state index contributed by atoms with van der Waals surface area (Å²) in [5, 5.41) is 14.1. The van der Waals surface area contributed by atoms with Crippen molar-refractivity contribution in [1.29, 1.82) is 0 Å². The van der Waals surface area contributed by atoms with Gasteiger partial charge in [0.2, 0.25) is 0 Å². The third kappa shape index (κ3) is 3.14. The molecular weight excluding hydrogens is 267 g/mol. The highest BCUT2D eigenvalue weighted by Crippen LogP contribution is 2.24. The number of aromatic carboxylic acids is 1. The molecule has 1 N–H and O–H groups in total. The van der Waals surface area contributed by atoms with Gasteiger partial charge in [-0.15, -0.1) is 11.8 Å². The van der Waals surface area contributed by atoms with E-state index in [9.17, 15) is 9.18 Å². The fourth-order valence-corrected chi connectivity index (χ4v) is 2.68. The molecule has 0 saturated heterocycles. The molecule has 0 bridgehead atoms. The molecule has 0 radical (unpaired) electrons. The van der Waals surface area contributed by atoms with Crippen LogP contribution in [0.25, 0.3) is 0 Å². The highest BCUT2D eigenvalue weighted by atomic mass is 32.2. The van der Waals surface area contributed by atoms with Gasteiger partial charge < -0.3 is 5.11 Å². The molecule has 0 aliphatic heterocycles. The van der Waals surface area contributed by atoms with Crippen LogP contribution < -0.4 is 0 Å². The Morgan fingerprint density at radius 2 is 2.21 bits per heavy atom. The van der Waals surface area contributed by atoms with Crippen LogP contribution in [-0.2, 0) is 12.8 Å². The summed E-state index contributed by atoms with van der Waals surface area (Å²) in [7, 11) is 1.85. The first kappa shape index (κ1) is 13.6. The lowest BCUT2D eigenvalue weighted by molar-refractivity contribution is 0.0692. The van der Waals surface area contributed by atoms with Crippen molar-refractivity contribution in [3.8, 4) is 0 Å². The Balaban J connectivity index is 2.14. The molecule has 1 aromatic heterocycles. The number of aryl methyl sites for hydroxylation is 2. The zero-order valence-corrected chi connectivity index (χ0v) is 11.4. The molecule has 2 aromatic rings. The number of benzene rings is 1. The maximum atomic E-state index is 13.2. The summed E-state index contributed by atoms with van der Waals surface area (Å²) in [4.78, 5) is 10.8. The van der Waals surface area contributed by atoms with Crippen molar-refractivity contribution in [1.82, 2.24) is 9.78 Å². The van der Waals surface area contributed by atoms with Crippen LogP contribution in [0, 0.1) is 12.7 Å². The van der Waals surface area contributed by atoms with Gasteiger partial charge in [0.15, 0.2) is 0 Å². The van der Waals surface area contributed by atoms with Crippen LogP contribution in [0.15, 0.2) is 29.3 Å². The van der Waals surface area contributed by atoms with Gasteiger partial charge in [0.05, 0.1) is 16.3 Å². The van der Waals surface area contributed by atoms with Crippen LogP contribution in [0.1, 0.15) is 21.6 Å². The Morgan fingerprint density at radius 3 is 2.79 bits per heavy atom. The Hall–Kier alpha value is -1.82. The van der Waals surface area contributed by atoms with Crippen LogP contribution in [0.4, 0.5) is 4.39 Å². The Kier molecular flexibility index (Phi) is 3.90. The molecule has 0 aliphatic carbocycles. The Morgan fingerprint density at radius 1 is 1.47 bits per heavy atom. The summed E-state index contributed by atoms with van der Waals surface area (Å²) in [5.74, 6) is -1.39.